The number of rotatable bonds is 9. The van der Waals surface area contributed by atoms with Crippen LogP contribution >= 0.6 is 0 Å². The summed E-state index contributed by atoms with van der Waals surface area (Å²) in [6.07, 6.45) is 6.37. The van der Waals surface area contributed by atoms with Crippen molar-refractivity contribution in [2.75, 3.05) is 20.1 Å². The Kier molecular flexibility index (Phi) is 8.29. The lowest BCUT2D eigenvalue weighted by molar-refractivity contribution is -0.131. The van der Waals surface area contributed by atoms with Gasteiger partial charge in [0.2, 0.25) is 5.91 Å². The zero-order valence-electron chi connectivity index (χ0n) is 15.7. The van der Waals surface area contributed by atoms with Crippen molar-refractivity contribution in [2.24, 2.45) is 4.99 Å². The second-order valence-corrected chi connectivity index (χ2v) is 6.61. The SMILES string of the molecule is CCCCCCNC(=NC)NCCCC(=O)N1Cc2ccccc2C1. The highest BCUT2D eigenvalue weighted by Crippen LogP contribution is 2.22. The minimum Gasteiger partial charge on any atom is -0.356 e. The smallest absolute Gasteiger partial charge is 0.223 e. The third kappa shape index (κ3) is 6.40. The Hall–Kier alpha value is -2.04. The predicted octanol–water partition coefficient (Wildman–Crippen LogP) is 3.05. The summed E-state index contributed by atoms with van der Waals surface area (Å²) in [6, 6.07) is 8.30. The van der Waals surface area contributed by atoms with Crippen LogP contribution in [0.1, 0.15) is 56.6 Å². The first-order valence-electron chi connectivity index (χ1n) is 9.53. The van der Waals surface area contributed by atoms with E-state index in [9.17, 15) is 4.79 Å². The summed E-state index contributed by atoms with van der Waals surface area (Å²) >= 11 is 0. The van der Waals surface area contributed by atoms with E-state index in [4.69, 9.17) is 0 Å². The molecule has 0 bridgehead atoms. The minimum atomic E-state index is 0.237. The Morgan fingerprint density at radius 3 is 2.28 bits per heavy atom. The summed E-state index contributed by atoms with van der Waals surface area (Å²) in [6.45, 7) is 5.44. The van der Waals surface area contributed by atoms with Gasteiger partial charge in [-0.1, -0.05) is 50.5 Å². The molecule has 5 heteroatoms. The maximum atomic E-state index is 12.4. The van der Waals surface area contributed by atoms with Gasteiger partial charge in [0.15, 0.2) is 5.96 Å². The van der Waals surface area contributed by atoms with Crippen LogP contribution in [0.25, 0.3) is 0 Å². The molecule has 2 N–H and O–H groups in total. The highest BCUT2D eigenvalue weighted by molar-refractivity contribution is 5.80. The molecule has 0 unspecified atom stereocenters. The van der Waals surface area contributed by atoms with Crippen LogP contribution in [-0.2, 0) is 17.9 Å². The Labute approximate surface area is 151 Å². The predicted molar refractivity (Wildman–Crippen MR) is 103 cm³/mol. The summed E-state index contributed by atoms with van der Waals surface area (Å²) in [5, 5.41) is 6.62. The van der Waals surface area contributed by atoms with Crippen molar-refractivity contribution in [3.63, 3.8) is 0 Å². The van der Waals surface area contributed by atoms with Crippen molar-refractivity contribution in [1.29, 1.82) is 0 Å². The third-order valence-electron chi connectivity index (χ3n) is 4.60. The van der Waals surface area contributed by atoms with E-state index in [0.29, 0.717) is 6.42 Å². The molecule has 1 amide bonds. The molecule has 0 saturated carbocycles. The molecular formula is C20H32N4O. The molecular weight excluding hydrogens is 312 g/mol. The summed E-state index contributed by atoms with van der Waals surface area (Å²) < 4.78 is 0. The fourth-order valence-electron chi connectivity index (χ4n) is 3.09. The standard InChI is InChI=1S/C20H32N4O/c1-3-4-5-8-13-22-20(21-2)23-14-9-12-19(25)24-15-17-10-6-7-11-18(17)16-24/h6-7,10-11H,3-5,8-9,12-16H2,1-2H3,(H2,21,22,23). The number of fused-ring (bicyclic) bond motifs is 1. The van der Waals surface area contributed by atoms with E-state index in [1.807, 2.05) is 17.0 Å². The number of amides is 1. The number of hydrogen-bond acceptors (Lipinski definition) is 2. The molecule has 0 saturated heterocycles. The van der Waals surface area contributed by atoms with Crippen LogP contribution in [0.5, 0.6) is 0 Å². The number of nitrogens with one attached hydrogen (secondary N) is 2. The summed E-state index contributed by atoms with van der Waals surface area (Å²) in [7, 11) is 1.79. The maximum absolute atomic E-state index is 12.4. The van der Waals surface area contributed by atoms with E-state index >= 15 is 0 Å². The molecule has 1 aliphatic rings. The molecule has 1 aliphatic heterocycles. The number of carbonyl (C=O) groups excluding carboxylic acids is 1. The molecule has 0 aliphatic carbocycles. The van der Waals surface area contributed by atoms with E-state index < -0.39 is 0 Å². The van der Waals surface area contributed by atoms with Crippen LogP contribution in [0.2, 0.25) is 0 Å². The van der Waals surface area contributed by atoms with Crippen LogP contribution in [0, 0.1) is 0 Å². The van der Waals surface area contributed by atoms with Gasteiger partial charge in [0.1, 0.15) is 0 Å². The topological polar surface area (TPSA) is 56.7 Å². The highest BCUT2D eigenvalue weighted by atomic mass is 16.2. The molecule has 138 valence electrons. The molecule has 0 spiro atoms. The second kappa shape index (κ2) is 10.7. The molecule has 0 atom stereocenters. The average Bonchev–Trinajstić information content (AvgIpc) is 3.07. The molecule has 2 rings (SSSR count). The summed E-state index contributed by atoms with van der Waals surface area (Å²) in [5.74, 6) is 1.07. The number of aliphatic imine (C=N–C) groups is 1. The zero-order valence-corrected chi connectivity index (χ0v) is 15.7. The lowest BCUT2D eigenvalue weighted by atomic mass is 10.1. The maximum Gasteiger partial charge on any atom is 0.223 e. The largest absolute Gasteiger partial charge is 0.356 e. The second-order valence-electron chi connectivity index (χ2n) is 6.61. The first-order chi connectivity index (χ1) is 12.2. The summed E-state index contributed by atoms with van der Waals surface area (Å²) in [4.78, 5) is 18.5. The lowest BCUT2D eigenvalue weighted by Gasteiger charge is -2.16. The van der Waals surface area contributed by atoms with Crippen LogP contribution in [0.4, 0.5) is 0 Å². The van der Waals surface area contributed by atoms with Gasteiger partial charge in [0.05, 0.1) is 0 Å². The van der Waals surface area contributed by atoms with Crippen LogP contribution in [-0.4, -0.2) is 36.9 Å². The zero-order chi connectivity index (χ0) is 17.9. The third-order valence-corrected chi connectivity index (χ3v) is 4.60. The molecule has 0 radical (unpaired) electrons. The van der Waals surface area contributed by atoms with Gasteiger partial charge in [-0.2, -0.15) is 0 Å². The van der Waals surface area contributed by atoms with Gasteiger partial charge in [-0.05, 0) is 24.0 Å². The van der Waals surface area contributed by atoms with Crippen molar-refractivity contribution in [3.05, 3.63) is 35.4 Å². The van der Waals surface area contributed by atoms with Crippen LogP contribution < -0.4 is 10.6 Å². The Bertz CT molecular complexity index is 546. The number of hydrogen-bond donors (Lipinski definition) is 2. The molecule has 5 nitrogen and oxygen atoms in total. The Balaban J connectivity index is 1.58. The summed E-state index contributed by atoms with van der Waals surface area (Å²) in [5.41, 5.74) is 2.56. The van der Waals surface area contributed by atoms with Gasteiger partial charge >= 0.3 is 0 Å². The Morgan fingerprint density at radius 1 is 1.04 bits per heavy atom. The Morgan fingerprint density at radius 2 is 1.68 bits per heavy atom. The number of carbonyl (C=O) groups is 1. The fraction of sp³-hybridized carbons (Fsp3) is 0.600. The van der Waals surface area contributed by atoms with Gasteiger partial charge in [-0.3, -0.25) is 9.79 Å². The van der Waals surface area contributed by atoms with E-state index in [2.05, 4.69) is 34.7 Å². The normalized spacial score (nSPS) is 13.7. The molecule has 0 aromatic heterocycles. The highest BCUT2D eigenvalue weighted by Gasteiger charge is 2.22. The van der Waals surface area contributed by atoms with Gasteiger partial charge in [-0.25, -0.2) is 0 Å². The van der Waals surface area contributed by atoms with E-state index in [1.165, 1.54) is 36.8 Å². The number of guanidine groups is 1. The lowest BCUT2D eigenvalue weighted by Crippen LogP contribution is -2.38. The van der Waals surface area contributed by atoms with Crippen molar-refractivity contribution >= 4 is 11.9 Å². The fourth-order valence-corrected chi connectivity index (χ4v) is 3.09. The number of unbranched alkanes of at least 4 members (excludes halogenated alkanes) is 3. The van der Waals surface area contributed by atoms with Crippen molar-refractivity contribution in [1.82, 2.24) is 15.5 Å². The van der Waals surface area contributed by atoms with E-state index in [1.54, 1.807) is 7.05 Å². The van der Waals surface area contributed by atoms with E-state index in [0.717, 1.165) is 38.6 Å². The van der Waals surface area contributed by atoms with Crippen LogP contribution in [0.3, 0.4) is 0 Å². The van der Waals surface area contributed by atoms with Gasteiger partial charge in [0.25, 0.3) is 0 Å². The average molecular weight is 345 g/mol. The first kappa shape index (κ1) is 19.3. The van der Waals surface area contributed by atoms with E-state index in [-0.39, 0.29) is 5.91 Å². The van der Waals surface area contributed by atoms with Gasteiger partial charge < -0.3 is 15.5 Å². The molecule has 25 heavy (non-hydrogen) atoms. The van der Waals surface area contributed by atoms with Crippen molar-refractivity contribution < 1.29 is 4.79 Å². The van der Waals surface area contributed by atoms with Crippen LogP contribution in [0.15, 0.2) is 29.3 Å². The number of nitrogens with zero attached hydrogens (tertiary/aromatic N) is 2. The molecule has 1 aromatic carbocycles. The van der Waals surface area contributed by atoms with Crippen molar-refractivity contribution in [2.45, 2.75) is 58.5 Å². The van der Waals surface area contributed by atoms with Crippen molar-refractivity contribution in [3.8, 4) is 0 Å². The quantitative estimate of drug-likeness (QED) is 0.411. The number of benzene rings is 1. The molecule has 0 fully saturated rings. The van der Waals surface area contributed by atoms with Gasteiger partial charge in [0, 0.05) is 39.6 Å². The minimum absolute atomic E-state index is 0.237. The molecule has 1 aromatic rings. The first-order valence-corrected chi connectivity index (χ1v) is 9.53. The molecule has 1 heterocycles. The van der Waals surface area contributed by atoms with Gasteiger partial charge in [-0.15, -0.1) is 0 Å². The monoisotopic (exact) mass is 344 g/mol.